The van der Waals surface area contributed by atoms with Crippen molar-refractivity contribution in [2.75, 3.05) is 21.0 Å². The van der Waals surface area contributed by atoms with Crippen molar-refractivity contribution in [2.24, 2.45) is 11.8 Å². The molecule has 1 heterocycles. The Bertz CT molecular complexity index is 1560. The van der Waals surface area contributed by atoms with Gasteiger partial charge in [-0.15, -0.1) is 0 Å². The number of carboxylic acid groups (broad SMARTS) is 1. The van der Waals surface area contributed by atoms with Crippen molar-refractivity contribution in [3.8, 4) is 39.9 Å². The summed E-state index contributed by atoms with van der Waals surface area (Å²) in [6.07, 6.45) is 0. The average molecular weight is 553 g/mol. The van der Waals surface area contributed by atoms with E-state index in [9.17, 15) is 14.7 Å². The van der Waals surface area contributed by atoms with Crippen molar-refractivity contribution in [2.45, 2.75) is 11.8 Å². The number of hydrogen-bond acceptors (Lipinski definition) is 7. The summed E-state index contributed by atoms with van der Waals surface area (Å²) in [5.74, 6) is -1.89. The second-order valence-corrected chi connectivity index (χ2v) is 9.94. The van der Waals surface area contributed by atoms with Gasteiger partial charge in [0.15, 0.2) is 11.5 Å². The number of fused-ring (bicyclic) bond motifs is 1. The number of para-hydroxylation sites is 2. The van der Waals surface area contributed by atoms with Crippen molar-refractivity contribution < 1.29 is 38.4 Å². The van der Waals surface area contributed by atoms with E-state index < -0.39 is 35.6 Å². The van der Waals surface area contributed by atoms with Crippen molar-refractivity contribution in [1.82, 2.24) is 0 Å². The Balaban J connectivity index is 1.37. The van der Waals surface area contributed by atoms with Crippen LogP contribution in [0, 0.1) is 11.8 Å². The fourth-order valence-electron chi connectivity index (χ4n) is 6.01. The van der Waals surface area contributed by atoms with Gasteiger partial charge in [-0.1, -0.05) is 54.6 Å². The van der Waals surface area contributed by atoms with Crippen molar-refractivity contribution >= 4 is 11.9 Å². The first kappa shape index (κ1) is 26.3. The van der Waals surface area contributed by atoms with E-state index in [-0.39, 0.29) is 6.79 Å². The summed E-state index contributed by atoms with van der Waals surface area (Å²) in [5.41, 5.74) is 2.99. The van der Waals surface area contributed by atoms with Crippen LogP contribution in [0.3, 0.4) is 0 Å². The van der Waals surface area contributed by atoms with Crippen LogP contribution >= 0.6 is 0 Å². The zero-order valence-electron chi connectivity index (χ0n) is 22.5. The van der Waals surface area contributed by atoms with E-state index in [0.29, 0.717) is 39.9 Å². The Hall–Kier alpha value is -4.98. The van der Waals surface area contributed by atoms with E-state index in [1.54, 1.807) is 42.5 Å². The number of carbonyl (C=O) groups excluding carboxylic acids is 1. The molecule has 1 saturated carbocycles. The molecule has 2 atom stereocenters. The average Bonchev–Trinajstić information content (AvgIpc) is 3.45. The molecule has 8 heteroatoms. The molecule has 1 N–H and O–H groups in total. The summed E-state index contributed by atoms with van der Waals surface area (Å²) in [6.45, 7) is 0.176. The monoisotopic (exact) mass is 552 g/mol. The smallest absolute Gasteiger partial charge is 0.315 e. The number of benzene rings is 4. The first-order valence-corrected chi connectivity index (χ1v) is 13.2. The number of rotatable bonds is 8. The van der Waals surface area contributed by atoms with Gasteiger partial charge < -0.3 is 28.8 Å². The first-order valence-electron chi connectivity index (χ1n) is 13.2. The maximum absolute atomic E-state index is 14.0. The van der Waals surface area contributed by atoms with Gasteiger partial charge in [0.05, 0.1) is 26.1 Å². The van der Waals surface area contributed by atoms with E-state index >= 15 is 0 Å². The normalized spacial score (nSPS) is 20.5. The topological polar surface area (TPSA) is 101 Å². The molecule has 1 aliphatic heterocycles. The highest BCUT2D eigenvalue weighted by Crippen LogP contribution is 2.60. The van der Waals surface area contributed by atoms with Gasteiger partial charge in [0.1, 0.15) is 17.2 Å². The first-order chi connectivity index (χ1) is 20.0. The molecular weight excluding hydrogens is 524 g/mol. The molecule has 208 valence electrons. The minimum absolute atomic E-state index is 0.176. The number of aliphatic carboxylic acids is 1. The van der Waals surface area contributed by atoms with Crippen LogP contribution in [0.2, 0.25) is 0 Å². The van der Waals surface area contributed by atoms with Crippen molar-refractivity contribution in [3.05, 3.63) is 102 Å². The predicted molar refractivity (Wildman–Crippen MR) is 150 cm³/mol. The molecule has 0 amide bonds. The molecule has 0 radical (unpaired) electrons. The van der Waals surface area contributed by atoms with E-state index in [1.165, 1.54) is 14.2 Å². The van der Waals surface area contributed by atoms with Crippen LogP contribution in [-0.2, 0) is 9.59 Å². The third-order valence-electron chi connectivity index (χ3n) is 7.86. The molecule has 0 bridgehead atoms. The third kappa shape index (κ3) is 4.71. The lowest BCUT2D eigenvalue weighted by molar-refractivity contribution is -0.158. The van der Waals surface area contributed by atoms with E-state index in [2.05, 4.69) is 0 Å². The Morgan fingerprint density at radius 3 is 1.95 bits per heavy atom. The molecule has 2 aliphatic rings. The zero-order chi connectivity index (χ0) is 28.5. The zero-order valence-corrected chi connectivity index (χ0v) is 22.5. The predicted octanol–water partition coefficient (Wildman–Crippen LogP) is 5.90. The Morgan fingerprint density at radius 2 is 1.32 bits per heavy atom. The summed E-state index contributed by atoms with van der Waals surface area (Å²) >= 11 is 0. The summed E-state index contributed by atoms with van der Waals surface area (Å²) in [7, 11) is 3.06. The molecule has 6 rings (SSSR count). The standard InChI is InChI=1S/C33H28O8/c1-37-24-12-5-3-10-22(24)28-30(32(34)35)29(23-11-4-6-13-25(23)38-2)31(28)33(36)41-21-9-7-8-19(16-21)20-14-15-26-27(17-20)40-18-39-26/h3-17,28-31H,18H2,1-2H3,(H,34,35)/t28-,29-,30-,31-/m1/s1. The lowest BCUT2D eigenvalue weighted by atomic mass is 9.52. The van der Waals surface area contributed by atoms with Gasteiger partial charge in [-0.25, -0.2) is 0 Å². The highest BCUT2D eigenvalue weighted by molar-refractivity contribution is 5.86. The van der Waals surface area contributed by atoms with Crippen LogP contribution in [0.25, 0.3) is 11.1 Å². The second-order valence-electron chi connectivity index (χ2n) is 9.94. The molecule has 0 unspecified atom stereocenters. The summed E-state index contributed by atoms with van der Waals surface area (Å²) < 4.78 is 28.0. The fraction of sp³-hybridized carbons (Fsp3) is 0.212. The van der Waals surface area contributed by atoms with Crippen LogP contribution in [0.4, 0.5) is 0 Å². The van der Waals surface area contributed by atoms with Gasteiger partial charge in [-0.2, -0.15) is 0 Å². The number of hydrogen-bond donors (Lipinski definition) is 1. The minimum Gasteiger partial charge on any atom is -0.496 e. The van der Waals surface area contributed by atoms with Gasteiger partial charge in [0.2, 0.25) is 6.79 Å². The lowest BCUT2D eigenvalue weighted by Gasteiger charge is -2.49. The second kappa shape index (κ2) is 10.9. The van der Waals surface area contributed by atoms with Gasteiger partial charge in [-0.3, -0.25) is 9.59 Å². The molecule has 4 aromatic carbocycles. The molecule has 0 saturated heterocycles. The molecule has 1 fully saturated rings. The summed E-state index contributed by atoms with van der Waals surface area (Å²) in [6, 6.07) is 27.2. The van der Waals surface area contributed by atoms with Crippen LogP contribution in [0.1, 0.15) is 23.0 Å². The largest absolute Gasteiger partial charge is 0.496 e. The maximum Gasteiger partial charge on any atom is 0.315 e. The summed E-state index contributed by atoms with van der Waals surface area (Å²) in [5, 5.41) is 10.4. The molecule has 8 nitrogen and oxygen atoms in total. The highest BCUT2D eigenvalue weighted by atomic mass is 16.7. The van der Waals surface area contributed by atoms with Gasteiger partial charge in [0, 0.05) is 11.8 Å². The molecule has 41 heavy (non-hydrogen) atoms. The number of esters is 1. The molecule has 4 aromatic rings. The molecule has 1 aliphatic carbocycles. The molecule has 0 aromatic heterocycles. The Labute approximate surface area is 237 Å². The quantitative estimate of drug-likeness (QED) is 0.213. The van der Waals surface area contributed by atoms with Crippen molar-refractivity contribution in [1.29, 1.82) is 0 Å². The van der Waals surface area contributed by atoms with Crippen LogP contribution < -0.4 is 23.7 Å². The molecular formula is C33H28O8. The molecule has 0 spiro atoms. The van der Waals surface area contributed by atoms with Gasteiger partial charge >= 0.3 is 11.9 Å². The van der Waals surface area contributed by atoms with Crippen LogP contribution in [0.5, 0.6) is 28.7 Å². The lowest BCUT2D eigenvalue weighted by Crippen LogP contribution is -2.52. The minimum atomic E-state index is -1.01. The van der Waals surface area contributed by atoms with E-state index in [0.717, 1.165) is 11.1 Å². The number of ether oxygens (including phenoxy) is 5. The number of carboxylic acids is 1. The highest BCUT2D eigenvalue weighted by Gasteiger charge is 2.60. The van der Waals surface area contributed by atoms with Crippen molar-refractivity contribution in [3.63, 3.8) is 0 Å². The Morgan fingerprint density at radius 1 is 0.707 bits per heavy atom. The number of carbonyl (C=O) groups is 2. The SMILES string of the molecule is COc1ccccc1[C@@H]1[C@H](C(=O)O)[C@@H](c2ccccc2OC)[C@H]1C(=O)Oc1cccc(-c2ccc3c(c2)OCO3)c1. The van der Waals surface area contributed by atoms with Gasteiger partial charge in [0.25, 0.3) is 0 Å². The van der Waals surface area contributed by atoms with Gasteiger partial charge in [-0.05, 0) is 58.7 Å². The van der Waals surface area contributed by atoms with E-state index in [4.69, 9.17) is 23.7 Å². The fourth-order valence-corrected chi connectivity index (χ4v) is 6.01. The number of methoxy groups -OCH3 is 2. The van der Waals surface area contributed by atoms with Crippen LogP contribution in [-0.4, -0.2) is 38.1 Å². The summed E-state index contributed by atoms with van der Waals surface area (Å²) in [4.78, 5) is 26.7. The third-order valence-corrected chi connectivity index (χ3v) is 7.86. The Kier molecular flexibility index (Phi) is 6.97. The van der Waals surface area contributed by atoms with Crippen LogP contribution in [0.15, 0.2) is 91.0 Å². The van der Waals surface area contributed by atoms with E-state index in [1.807, 2.05) is 48.5 Å². The maximum atomic E-state index is 14.0.